The van der Waals surface area contributed by atoms with Gasteiger partial charge < -0.3 is 9.32 Å². The molecule has 0 N–H and O–H groups in total. The lowest BCUT2D eigenvalue weighted by atomic mass is 9.81. The van der Waals surface area contributed by atoms with Gasteiger partial charge in [0, 0.05) is 32.9 Å². The Bertz CT molecular complexity index is 2410. The Hall–Kier alpha value is -5.60. The van der Waals surface area contributed by atoms with Gasteiger partial charge in [0.2, 0.25) is 0 Å². The van der Waals surface area contributed by atoms with Crippen LogP contribution >= 0.6 is 0 Å². The van der Waals surface area contributed by atoms with E-state index in [1.807, 2.05) is 6.07 Å². The molecular weight excluding hydrogens is 546 g/mol. The molecule has 45 heavy (non-hydrogen) atoms. The lowest BCUT2D eigenvalue weighted by Gasteiger charge is -2.32. The molecule has 2 heteroatoms. The highest BCUT2D eigenvalue weighted by atomic mass is 16.3. The molecule has 0 saturated carbocycles. The van der Waals surface area contributed by atoms with Crippen LogP contribution in [-0.2, 0) is 5.41 Å². The number of hydrogen-bond acceptors (Lipinski definition) is 2. The van der Waals surface area contributed by atoms with Crippen molar-refractivity contribution >= 4 is 49.8 Å². The summed E-state index contributed by atoms with van der Waals surface area (Å²) in [5.41, 5.74) is 12.9. The van der Waals surface area contributed by atoms with Crippen LogP contribution in [0.4, 0.5) is 17.1 Å². The van der Waals surface area contributed by atoms with Crippen molar-refractivity contribution < 1.29 is 4.42 Å². The first-order chi connectivity index (χ1) is 22.1. The lowest BCUT2D eigenvalue weighted by Crippen LogP contribution is -2.20. The number of furan rings is 1. The summed E-state index contributed by atoms with van der Waals surface area (Å²) in [5, 5.41) is 4.75. The topological polar surface area (TPSA) is 16.4 Å². The van der Waals surface area contributed by atoms with Crippen molar-refractivity contribution in [1.82, 2.24) is 0 Å². The fourth-order valence-electron chi connectivity index (χ4n) is 7.66. The van der Waals surface area contributed by atoms with Gasteiger partial charge in [0.25, 0.3) is 0 Å². The average molecular weight is 578 g/mol. The molecule has 0 unspecified atom stereocenters. The van der Waals surface area contributed by atoms with Crippen LogP contribution in [-0.4, -0.2) is 0 Å². The summed E-state index contributed by atoms with van der Waals surface area (Å²) in [5.74, 6) is 0. The Balaban J connectivity index is 1.29. The number of anilines is 3. The van der Waals surface area contributed by atoms with Gasteiger partial charge in [0.1, 0.15) is 11.2 Å². The SMILES string of the molecule is CC1(C)c2ccccc2-c2cccc(N(c3ccccc3)c3cccc(-c4cccc5ccc6oc7ccccc7c6c45)c3)c21. The smallest absolute Gasteiger partial charge is 0.136 e. The zero-order valence-corrected chi connectivity index (χ0v) is 25.3. The van der Waals surface area contributed by atoms with Crippen molar-refractivity contribution in [1.29, 1.82) is 0 Å². The monoisotopic (exact) mass is 577 g/mol. The molecule has 9 rings (SSSR count). The molecule has 1 aliphatic rings. The second kappa shape index (κ2) is 9.70. The van der Waals surface area contributed by atoms with E-state index in [0.717, 1.165) is 27.9 Å². The van der Waals surface area contributed by atoms with Gasteiger partial charge in [-0.2, -0.15) is 0 Å². The highest BCUT2D eigenvalue weighted by Gasteiger charge is 2.38. The molecule has 214 valence electrons. The third-order valence-corrected chi connectivity index (χ3v) is 9.61. The minimum Gasteiger partial charge on any atom is -0.456 e. The summed E-state index contributed by atoms with van der Waals surface area (Å²) in [4.78, 5) is 2.43. The van der Waals surface area contributed by atoms with Crippen LogP contribution in [0.3, 0.4) is 0 Å². The summed E-state index contributed by atoms with van der Waals surface area (Å²) in [6.45, 7) is 4.72. The quantitative estimate of drug-likeness (QED) is 0.207. The maximum atomic E-state index is 6.31. The molecule has 0 aliphatic heterocycles. The fourth-order valence-corrected chi connectivity index (χ4v) is 7.66. The Morgan fingerprint density at radius 2 is 1.22 bits per heavy atom. The first-order valence-electron chi connectivity index (χ1n) is 15.6. The normalized spacial score (nSPS) is 13.3. The van der Waals surface area contributed by atoms with Gasteiger partial charge in [0.15, 0.2) is 0 Å². The van der Waals surface area contributed by atoms with Crippen molar-refractivity contribution in [2.24, 2.45) is 0 Å². The largest absolute Gasteiger partial charge is 0.456 e. The molecule has 1 aromatic heterocycles. The average Bonchev–Trinajstić information content (AvgIpc) is 3.58. The van der Waals surface area contributed by atoms with Gasteiger partial charge in [-0.25, -0.2) is 0 Å². The second-order valence-electron chi connectivity index (χ2n) is 12.5. The number of benzene rings is 7. The van der Waals surface area contributed by atoms with Crippen molar-refractivity contribution in [3.05, 3.63) is 163 Å². The minimum atomic E-state index is -0.142. The van der Waals surface area contributed by atoms with E-state index >= 15 is 0 Å². The lowest BCUT2D eigenvalue weighted by molar-refractivity contribution is 0.661. The third-order valence-electron chi connectivity index (χ3n) is 9.61. The maximum Gasteiger partial charge on any atom is 0.136 e. The molecular formula is C43H31NO. The van der Waals surface area contributed by atoms with Gasteiger partial charge >= 0.3 is 0 Å². The molecule has 0 radical (unpaired) electrons. The van der Waals surface area contributed by atoms with E-state index in [4.69, 9.17) is 4.42 Å². The number of fused-ring (bicyclic) bond motifs is 8. The van der Waals surface area contributed by atoms with E-state index in [1.54, 1.807) is 0 Å². The molecule has 2 nitrogen and oxygen atoms in total. The first kappa shape index (κ1) is 25.9. The predicted octanol–water partition coefficient (Wildman–Crippen LogP) is 12.2. The first-order valence-corrected chi connectivity index (χ1v) is 15.6. The van der Waals surface area contributed by atoms with Crippen LogP contribution in [0.25, 0.3) is 55.0 Å². The predicted molar refractivity (Wildman–Crippen MR) is 189 cm³/mol. The van der Waals surface area contributed by atoms with E-state index in [1.165, 1.54) is 55.2 Å². The highest BCUT2D eigenvalue weighted by molar-refractivity contribution is 6.22. The summed E-state index contributed by atoms with van der Waals surface area (Å²) in [6, 6.07) is 54.6. The molecule has 0 bridgehead atoms. The van der Waals surface area contributed by atoms with Crippen LogP contribution in [0, 0.1) is 0 Å². The summed E-state index contributed by atoms with van der Waals surface area (Å²) >= 11 is 0. The molecule has 1 aliphatic carbocycles. The summed E-state index contributed by atoms with van der Waals surface area (Å²) in [6.07, 6.45) is 0. The molecule has 0 saturated heterocycles. The minimum absolute atomic E-state index is 0.142. The number of nitrogens with zero attached hydrogens (tertiary/aromatic N) is 1. The number of hydrogen-bond donors (Lipinski definition) is 0. The zero-order valence-electron chi connectivity index (χ0n) is 25.3. The summed E-state index contributed by atoms with van der Waals surface area (Å²) < 4.78 is 6.31. The highest BCUT2D eigenvalue weighted by Crippen LogP contribution is 2.54. The Morgan fingerprint density at radius 1 is 0.511 bits per heavy atom. The molecule has 8 aromatic rings. The Morgan fingerprint density at radius 3 is 2.13 bits per heavy atom. The van der Waals surface area contributed by atoms with E-state index in [2.05, 4.69) is 164 Å². The molecule has 0 spiro atoms. The van der Waals surface area contributed by atoms with E-state index < -0.39 is 0 Å². The summed E-state index contributed by atoms with van der Waals surface area (Å²) in [7, 11) is 0. The Labute approximate surface area is 262 Å². The van der Waals surface area contributed by atoms with E-state index in [-0.39, 0.29) is 5.41 Å². The number of rotatable bonds is 4. The van der Waals surface area contributed by atoms with Crippen LogP contribution < -0.4 is 4.90 Å². The van der Waals surface area contributed by atoms with Gasteiger partial charge in [0.05, 0.1) is 5.69 Å². The zero-order chi connectivity index (χ0) is 30.1. The second-order valence-corrected chi connectivity index (χ2v) is 12.5. The van der Waals surface area contributed by atoms with Gasteiger partial charge in [-0.15, -0.1) is 0 Å². The van der Waals surface area contributed by atoms with Gasteiger partial charge in [-0.05, 0) is 81.2 Å². The molecule has 0 fully saturated rings. The van der Waals surface area contributed by atoms with Crippen LogP contribution in [0.2, 0.25) is 0 Å². The maximum absolute atomic E-state index is 6.31. The number of para-hydroxylation sites is 2. The molecule has 0 amide bonds. The van der Waals surface area contributed by atoms with E-state index in [0.29, 0.717) is 0 Å². The van der Waals surface area contributed by atoms with E-state index in [9.17, 15) is 0 Å². The standard InChI is InChI=1S/C43H31NO/c1-43(2)36-22-8-6-18-33(36)34-21-12-23-37(42(34)43)44(30-15-4-3-5-16-30)31-17-10-14-29(27-31)32-20-11-13-28-25-26-39-41(40(28)32)35-19-7-9-24-38(35)45-39/h3-27H,1-2H3. The van der Waals surface area contributed by atoms with Crippen molar-refractivity contribution in [3.63, 3.8) is 0 Å². The van der Waals surface area contributed by atoms with Crippen molar-refractivity contribution in [3.8, 4) is 22.3 Å². The van der Waals surface area contributed by atoms with Crippen LogP contribution in [0.15, 0.2) is 156 Å². The molecule has 7 aromatic carbocycles. The van der Waals surface area contributed by atoms with Crippen LogP contribution in [0.5, 0.6) is 0 Å². The Kier molecular flexibility index (Phi) is 5.58. The molecule has 0 atom stereocenters. The molecule has 1 heterocycles. The van der Waals surface area contributed by atoms with Crippen LogP contribution in [0.1, 0.15) is 25.0 Å². The van der Waals surface area contributed by atoms with Gasteiger partial charge in [-0.1, -0.05) is 123 Å². The third kappa shape index (κ3) is 3.82. The van der Waals surface area contributed by atoms with Gasteiger partial charge in [-0.3, -0.25) is 0 Å². The van der Waals surface area contributed by atoms with Crippen molar-refractivity contribution in [2.75, 3.05) is 4.90 Å². The van der Waals surface area contributed by atoms with Crippen molar-refractivity contribution in [2.45, 2.75) is 19.3 Å². The fraction of sp³-hybridized carbons (Fsp3) is 0.0698.